The highest BCUT2D eigenvalue weighted by Gasteiger charge is 2.04. The van der Waals surface area contributed by atoms with Gasteiger partial charge in [-0.1, -0.05) is 78.9 Å². The van der Waals surface area contributed by atoms with Gasteiger partial charge in [0.15, 0.2) is 0 Å². The van der Waals surface area contributed by atoms with E-state index in [0.29, 0.717) is 0 Å². The molecule has 0 saturated carbocycles. The van der Waals surface area contributed by atoms with E-state index >= 15 is 0 Å². The van der Waals surface area contributed by atoms with Crippen molar-refractivity contribution in [1.82, 2.24) is 4.98 Å². The molecule has 0 bridgehead atoms. The highest BCUT2D eigenvalue weighted by Crippen LogP contribution is 2.19. The van der Waals surface area contributed by atoms with Crippen LogP contribution < -0.4 is 0 Å². The molecular weight excluding hydrogens is 302 g/mol. The van der Waals surface area contributed by atoms with Gasteiger partial charge in [-0.2, -0.15) is 0 Å². The number of nitrogens with zero attached hydrogens (tertiary/aromatic N) is 1. The first-order valence-corrected chi connectivity index (χ1v) is 8.83. The number of aromatic nitrogens is 1. The highest BCUT2D eigenvalue weighted by atomic mass is 14.7. The van der Waals surface area contributed by atoms with Crippen molar-refractivity contribution in [3.05, 3.63) is 114 Å². The number of pyridine rings is 1. The van der Waals surface area contributed by atoms with Crippen LogP contribution >= 0.6 is 0 Å². The van der Waals surface area contributed by atoms with Gasteiger partial charge in [0, 0.05) is 18.0 Å². The van der Waals surface area contributed by atoms with Crippen LogP contribution in [-0.2, 0) is 19.3 Å². The predicted octanol–water partition coefficient (Wildman–Crippen LogP) is 5.61. The smallest absolute Gasteiger partial charge is 0.0525 e. The third-order valence-electron chi connectivity index (χ3n) is 4.70. The monoisotopic (exact) mass is 323 g/mol. The standard InChI is InChI=1S/C24H21N/c1-2-6-19(7-3-1)10-11-20-12-14-21(15-13-20)18-24-23-9-5-4-8-22(23)16-17-25-24/h1-9,12-17H,10-11,18H2. The molecule has 25 heavy (non-hydrogen) atoms. The maximum atomic E-state index is 4.60. The Morgan fingerprint density at radius 1 is 0.560 bits per heavy atom. The van der Waals surface area contributed by atoms with Crippen LogP contribution in [0.5, 0.6) is 0 Å². The molecule has 0 aliphatic carbocycles. The molecule has 3 aromatic carbocycles. The number of rotatable bonds is 5. The normalized spacial score (nSPS) is 10.9. The largest absolute Gasteiger partial charge is 0.260 e. The molecule has 122 valence electrons. The fourth-order valence-electron chi connectivity index (χ4n) is 3.27. The lowest BCUT2D eigenvalue weighted by Gasteiger charge is -2.07. The topological polar surface area (TPSA) is 12.9 Å². The van der Waals surface area contributed by atoms with Crippen LogP contribution in [0.1, 0.15) is 22.4 Å². The van der Waals surface area contributed by atoms with Gasteiger partial charge in [-0.25, -0.2) is 0 Å². The third-order valence-corrected chi connectivity index (χ3v) is 4.70. The molecule has 0 N–H and O–H groups in total. The summed E-state index contributed by atoms with van der Waals surface area (Å²) in [6.45, 7) is 0. The van der Waals surface area contributed by atoms with Gasteiger partial charge in [0.25, 0.3) is 0 Å². The molecule has 0 spiro atoms. The Balaban J connectivity index is 1.47. The molecule has 0 unspecified atom stereocenters. The third kappa shape index (κ3) is 3.77. The number of fused-ring (bicyclic) bond motifs is 1. The maximum absolute atomic E-state index is 4.60. The molecule has 1 aromatic heterocycles. The van der Waals surface area contributed by atoms with Crippen LogP contribution in [0.2, 0.25) is 0 Å². The molecule has 1 heterocycles. The van der Waals surface area contributed by atoms with Gasteiger partial charge in [0.2, 0.25) is 0 Å². The van der Waals surface area contributed by atoms with E-state index in [2.05, 4.69) is 89.9 Å². The molecule has 1 heteroatoms. The second kappa shape index (κ2) is 7.31. The van der Waals surface area contributed by atoms with E-state index in [-0.39, 0.29) is 0 Å². The fraction of sp³-hybridized carbons (Fsp3) is 0.125. The minimum absolute atomic E-state index is 0.875. The van der Waals surface area contributed by atoms with Gasteiger partial charge >= 0.3 is 0 Å². The zero-order chi connectivity index (χ0) is 16.9. The van der Waals surface area contributed by atoms with Crippen molar-refractivity contribution < 1.29 is 0 Å². The molecule has 0 amide bonds. The zero-order valence-electron chi connectivity index (χ0n) is 14.2. The second-order valence-electron chi connectivity index (χ2n) is 6.46. The van der Waals surface area contributed by atoms with E-state index < -0.39 is 0 Å². The van der Waals surface area contributed by atoms with E-state index in [9.17, 15) is 0 Å². The molecule has 4 aromatic rings. The molecular formula is C24H21N. The summed E-state index contributed by atoms with van der Waals surface area (Å²) in [5.74, 6) is 0. The molecule has 0 aliphatic rings. The first-order chi connectivity index (χ1) is 12.4. The van der Waals surface area contributed by atoms with Gasteiger partial charge in [0.05, 0.1) is 5.69 Å². The van der Waals surface area contributed by atoms with Crippen molar-refractivity contribution >= 4 is 10.8 Å². The Hall–Kier alpha value is -2.93. The summed E-state index contributed by atoms with van der Waals surface area (Å²) in [6, 6.07) is 30.2. The number of hydrogen-bond acceptors (Lipinski definition) is 1. The highest BCUT2D eigenvalue weighted by molar-refractivity contribution is 5.84. The maximum Gasteiger partial charge on any atom is 0.0525 e. The van der Waals surface area contributed by atoms with Crippen molar-refractivity contribution in [3.8, 4) is 0 Å². The summed E-state index contributed by atoms with van der Waals surface area (Å²) in [5.41, 5.74) is 5.24. The predicted molar refractivity (Wildman–Crippen MR) is 105 cm³/mol. The van der Waals surface area contributed by atoms with E-state index in [1.54, 1.807) is 0 Å². The summed E-state index contributed by atoms with van der Waals surface area (Å²) in [6.07, 6.45) is 4.95. The molecule has 0 saturated heterocycles. The van der Waals surface area contributed by atoms with E-state index in [4.69, 9.17) is 0 Å². The quantitative estimate of drug-likeness (QED) is 0.465. The summed E-state index contributed by atoms with van der Waals surface area (Å²) in [4.78, 5) is 4.60. The van der Waals surface area contributed by atoms with Crippen molar-refractivity contribution in [2.24, 2.45) is 0 Å². The molecule has 0 atom stereocenters. The lowest BCUT2D eigenvalue weighted by Crippen LogP contribution is -1.95. The molecule has 0 fully saturated rings. The SMILES string of the molecule is c1ccc(CCc2ccc(Cc3nccc4ccccc34)cc2)cc1. The van der Waals surface area contributed by atoms with E-state index in [0.717, 1.165) is 25.0 Å². The van der Waals surface area contributed by atoms with Gasteiger partial charge < -0.3 is 0 Å². The number of aryl methyl sites for hydroxylation is 2. The van der Waals surface area contributed by atoms with E-state index in [1.807, 2.05) is 6.20 Å². The first kappa shape index (κ1) is 15.6. The summed E-state index contributed by atoms with van der Waals surface area (Å²) < 4.78 is 0. The second-order valence-corrected chi connectivity index (χ2v) is 6.46. The Kier molecular flexibility index (Phi) is 4.56. The Labute approximate surface area is 149 Å². The summed E-state index contributed by atoms with van der Waals surface area (Å²) in [7, 11) is 0. The number of benzene rings is 3. The van der Waals surface area contributed by atoms with Crippen LogP contribution in [0.25, 0.3) is 10.8 Å². The minimum atomic E-state index is 0.875. The van der Waals surface area contributed by atoms with Gasteiger partial charge in [-0.05, 0) is 41.0 Å². The van der Waals surface area contributed by atoms with Crippen molar-refractivity contribution in [2.75, 3.05) is 0 Å². The Morgan fingerprint density at radius 3 is 2.00 bits per heavy atom. The van der Waals surface area contributed by atoms with Crippen LogP contribution in [0.15, 0.2) is 91.1 Å². The van der Waals surface area contributed by atoms with Crippen LogP contribution in [-0.4, -0.2) is 4.98 Å². The van der Waals surface area contributed by atoms with Gasteiger partial charge in [-0.3, -0.25) is 4.98 Å². The van der Waals surface area contributed by atoms with Crippen molar-refractivity contribution in [1.29, 1.82) is 0 Å². The average Bonchev–Trinajstić information content (AvgIpc) is 2.69. The van der Waals surface area contributed by atoms with Gasteiger partial charge in [0.1, 0.15) is 0 Å². The Bertz CT molecular complexity index is 951. The first-order valence-electron chi connectivity index (χ1n) is 8.83. The van der Waals surface area contributed by atoms with Crippen LogP contribution in [0, 0.1) is 0 Å². The molecule has 0 aliphatic heterocycles. The summed E-state index contributed by atoms with van der Waals surface area (Å²) >= 11 is 0. The molecule has 0 radical (unpaired) electrons. The lowest BCUT2D eigenvalue weighted by atomic mass is 10.0. The van der Waals surface area contributed by atoms with Gasteiger partial charge in [-0.15, -0.1) is 0 Å². The van der Waals surface area contributed by atoms with Crippen LogP contribution in [0.4, 0.5) is 0 Å². The fourth-order valence-corrected chi connectivity index (χ4v) is 3.27. The summed E-state index contributed by atoms with van der Waals surface area (Å²) in [5, 5.41) is 2.50. The molecule has 4 rings (SSSR count). The average molecular weight is 323 g/mol. The molecule has 1 nitrogen and oxygen atoms in total. The zero-order valence-corrected chi connectivity index (χ0v) is 14.2. The van der Waals surface area contributed by atoms with Crippen molar-refractivity contribution in [2.45, 2.75) is 19.3 Å². The number of hydrogen-bond donors (Lipinski definition) is 0. The van der Waals surface area contributed by atoms with E-state index in [1.165, 1.54) is 27.5 Å². The van der Waals surface area contributed by atoms with Crippen LogP contribution in [0.3, 0.4) is 0 Å². The lowest BCUT2D eigenvalue weighted by molar-refractivity contribution is 0.957. The van der Waals surface area contributed by atoms with Crippen molar-refractivity contribution in [3.63, 3.8) is 0 Å². The Morgan fingerprint density at radius 2 is 1.20 bits per heavy atom. The minimum Gasteiger partial charge on any atom is -0.260 e.